The highest BCUT2D eigenvalue weighted by Crippen LogP contribution is 2.18. The number of piperazine rings is 1. The van der Waals surface area contributed by atoms with E-state index in [0.29, 0.717) is 24.3 Å². The largest absolute Gasteiger partial charge is 0.340 e. The van der Waals surface area contributed by atoms with Crippen LogP contribution in [-0.4, -0.2) is 63.1 Å². The van der Waals surface area contributed by atoms with Gasteiger partial charge in [-0.3, -0.25) is 14.4 Å². The summed E-state index contributed by atoms with van der Waals surface area (Å²) in [5.74, 6) is 0.0328. The highest BCUT2D eigenvalue weighted by atomic mass is 32.2. The van der Waals surface area contributed by atoms with Crippen molar-refractivity contribution in [1.82, 2.24) is 9.80 Å². The Kier molecular flexibility index (Phi) is 6.70. The second kappa shape index (κ2) is 9.21. The molecule has 1 aliphatic rings. The number of anilines is 1. The molecule has 150 valence electrons. The minimum absolute atomic E-state index is 0.0328. The monoisotopic (exact) mass is 401 g/mol. The Bertz CT molecular complexity index is 892. The Hall–Kier alpha value is -2.38. The molecular weight excluding hydrogens is 374 g/mol. The smallest absolute Gasteiger partial charge is 0.229 e. The molecule has 1 N–H and O–H groups in total. The normalized spacial score (nSPS) is 15.4. The zero-order chi connectivity index (χ0) is 20.0. The van der Waals surface area contributed by atoms with E-state index in [2.05, 4.69) is 33.9 Å². The molecule has 1 amide bonds. The number of sulfonamides is 1. The van der Waals surface area contributed by atoms with Gasteiger partial charge in [0.2, 0.25) is 15.9 Å². The van der Waals surface area contributed by atoms with E-state index in [-0.39, 0.29) is 12.3 Å². The van der Waals surface area contributed by atoms with Crippen molar-refractivity contribution < 1.29 is 13.2 Å². The Balaban J connectivity index is 1.50. The number of nitrogens with one attached hydrogen (secondary N) is 1. The van der Waals surface area contributed by atoms with Crippen molar-refractivity contribution in [2.45, 2.75) is 12.8 Å². The molecule has 3 rings (SSSR count). The SMILES string of the molecule is CS(=O)(=O)Nc1ccccc1CC(=O)N1CCN(CCc2ccccc2)CC1. The molecule has 0 radical (unpaired) electrons. The zero-order valence-corrected chi connectivity index (χ0v) is 17.0. The van der Waals surface area contributed by atoms with E-state index in [1.165, 1.54) is 5.56 Å². The predicted molar refractivity (Wildman–Crippen MR) is 112 cm³/mol. The number of nitrogens with zero attached hydrogens (tertiary/aromatic N) is 2. The molecule has 7 heteroatoms. The van der Waals surface area contributed by atoms with Gasteiger partial charge in [-0.05, 0) is 23.6 Å². The minimum Gasteiger partial charge on any atom is -0.340 e. The van der Waals surface area contributed by atoms with Crippen molar-refractivity contribution in [3.05, 3.63) is 65.7 Å². The van der Waals surface area contributed by atoms with Crippen LogP contribution in [0.25, 0.3) is 0 Å². The number of benzene rings is 2. The van der Waals surface area contributed by atoms with Gasteiger partial charge < -0.3 is 4.90 Å². The lowest BCUT2D eigenvalue weighted by molar-refractivity contribution is -0.132. The van der Waals surface area contributed by atoms with E-state index in [1.54, 1.807) is 18.2 Å². The lowest BCUT2D eigenvalue weighted by atomic mass is 10.1. The van der Waals surface area contributed by atoms with Crippen molar-refractivity contribution >= 4 is 21.6 Å². The summed E-state index contributed by atoms with van der Waals surface area (Å²) in [7, 11) is -3.38. The van der Waals surface area contributed by atoms with Crippen LogP contribution in [0.1, 0.15) is 11.1 Å². The second-order valence-electron chi connectivity index (χ2n) is 7.17. The van der Waals surface area contributed by atoms with Crippen LogP contribution in [0, 0.1) is 0 Å². The summed E-state index contributed by atoms with van der Waals surface area (Å²) in [4.78, 5) is 17.0. The fraction of sp³-hybridized carbons (Fsp3) is 0.381. The topological polar surface area (TPSA) is 69.7 Å². The fourth-order valence-electron chi connectivity index (χ4n) is 3.40. The van der Waals surface area contributed by atoms with E-state index >= 15 is 0 Å². The van der Waals surface area contributed by atoms with Crippen molar-refractivity contribution in [2.75, 3.05) is 43.7 Å². The summed E-state index contributed by atoms with van der Waals surface area (Å²) in [6.45, 7) is 4.13. The van der Waals surface area contributed by atoms with Crippen LogP contribution in [-0.2, 0) is 27.7 Å². The summed E-state index contributed by atoms with van der Waals surface area (Å²) >= 11 is 0. The van der Waals surface area contributed by atoms with Crippen LogP contribution in [0.4, 0.5) is 5.69 Å². The van der Waals surface area contributed by atoms with Crippen LogP contribution in [0.2, 0.25) is 0 Å². The summed E-state index contributed by atoms with van der Waals surface area (Å²) in [5, 5.41) is 0. The maximum atomic E-state index is 12.7. The maximum Gasteiger partial charge on any atom is 0.229 e. The number of hydrogen-bond acceptors (Lipinski definition) is 4. The number of hydrogen-bond donors (Lipinski definition) is 1. The number of carbonyl (C=O) groups is 1. The molecule has 0 aromatic heterocycles. The number of amides is 1. The molecule has 1 fully saturated rings. The first-order valence-corrected chi connectivity index (χ1v) is 11.4. The molecule has 0 atom stereocenters. The zero-order valence-electron chi connectivity index (χ0n) is 16.2. The van der Waals surface area contributed by atoms with E-state index in [1.807, 2.05) is 17.0 Å². The Morgan fingerprint density at radius 3 is 2.29 bits per heavy atom. The minimum atomic E-state index is -3.38. The lowest BCUT2D eigenvalue weighted by Gasteiger charge is -2.35. The summed E-state index contributed by atoms with van der Waals surface area (Å²) in [5.41, 5.74) is 2.50. The van der Waals surface area contributed by atoms with Gasteiger partial charge in [-0.2, -0.15) is 0 Å². The van der Waals surface area contributed by atoms with E-state index in [0.717, 1.165) is 32.3 Å². The molecule has 1 aliphatic heterocycles. The van der Waals surface area contributed by atoms with Gasteiger partial charge in [-0.15, -0.1) is 0 Å². The highest BCUT2D eigenvalue weighted by molar-refractivity contribution is 7.92. The summed E-state index contributed by atoms with van der Waals surface area (Å²) in [6.07, 6.45) is 2.32. The van der Waals surface area contributed by atoms with Gasteiger partial charge in [0.1, 0.15) is 0 Å². The lowest BCUT2D eigenvalue weighted by Crippen LogP contribution is -2.49. The van der Waals surface area contributed by atoms with E-state index in [4.69, 9.17) is 0 Å². The molecule has 0 saturated carbocycles. The molecule has 0 aliphatic carbocycles. The predicted octanol–water partition coefficient (Wildman–Crippen LogP) is 1.99. The van der Waals surface area contributed by atoms with Crippen molar-refractivity contribution in [1.29, 1.82) is 0 Å². The third-order valence-corrected chi connectivity index (χ3v) is 5.53. The second-order valence-corrected chi connectivity index (χ2v) is 8.91. The van der Waals surface area contributed by atoms with Gasteiger partial charge in [0.15, 0.2) is 0 Å². The fourth-order valence-corrected chi connectivity index (χ4v) is 4.00. The first-order chi connectivity index (χ1) is 13.4. The number of carbonyl (C=O) groups excluding carboxylic acids is 1. The Morgan fingerprint density at radius 1 is 0.964 bits per heavy atom. The molecular formula is C21H27N3O3S. The molecule has 0 bridgehead atoms. The van der Waals surface area contributed by atoms with E-state index < -0.39 is 10.0 Å². The Labute approximate surface area is 167 Å². The van der Waals surface area contributed by atoms with Gasteiger partial charge >= 0.3 is 0 Å². The van der Waals surface area contributed by atoms with Crippen LogP contribution in [0.3, 0.4) is 0 Å². The van der Waals surface area contributed by atoms with Crippen molar-refractivity contribution in [3.8, 4) is 0 Å². The van der Waals surface area contributed by atoms with Crippen LogP contribution in [0.15, 0.2) is 54.6 Å². The molecule has 2 aromatic rings. The van der Waals surface area contributed by atoms with Gasteiger partial charge in [0.05, 0.1) is 18.4 Å². The molecule has 0 unspecified atom stereocenters. The van der Waals surface area contributed by atoms with Gasteiger partial charge in [-0.25, -0.2) is 8.42 Å². The molecule has 28 heavy (non-hydrogen) atoms. The first-order valence-electron chi connectivity index (χ1n) is 9.50. The number of rotatable bonds is 7. The van der Waals surface area contributed by atoms with Crippen molar-refractivity contribution in [3.63, 3.8) is 0 Å². The third kappa shape index (κ3) is 6.07. The average molecular weight is 402 g/mol. The quantitative estimate of drug-likeness (QED) is 0.770. The molecule has 6 nitrogen and oxygen atoms in total. The standard InChI is InChI=1S/C21H27N3O3S/c1-28(26,27)22-20-10-6-5-9-19(20)17-21(25)24-15-13-23(14-16-24)12-11-18-7-3-2-4-8-18/h2-10,22H,11-17H2,1H3. The molecule has 2 aromatic carbocycles. The summed E-state index contributed by atoms with van der Waals surface area (Å²) in [6, 6.07) is 17.5. The average Bonchev–Trinajstić information content (AvgIpc) is 2.68. The molecule has 1 heterocycles. The third-order valence-electron chi connectivity index (χ3n) is 4.94. The highest BCUT2D eigenvalue weighted by Gasteiger charge is 2.22. The van der Waals surface area contributed by atoms with Crippen molar-refractivity contribution in [2.24, 2.45) is 0 Å². The first kappa shape index (κ1) is 20.4. The van der Waals surface area contributed by atoms with Crippen LogP contribution in [0.5, 0.6) is 0 Å². The van der Waals surface area contributed by atoms with Gasteiger partial charge in [0.25, 0.3) is 0 Å². The van der Waals surface area contributed by atoms with E-state index in [9.17, 15) is 13.2 Å². The Morgan fingerprint density at radius 2 is 1.61 bits per heavy atom. The van der Waals surface area contributed by atoms with Crippen LogP contribution < -0.4 is 4.72 Å². The maximum absolute atomic E-state index is 12.7. The number of para-hydroxylation sites is 1. The van der Waals surface area contributed by atoms with Crippen LogP contribution >= 0.6 is 0 Å². The summed E-state index contributed by atoms with van der Waals surface area (Å²) < 4.78 is 25.5. The molecule has 0 spiro atoms. The molecule has 1 saturated heterocycles. The van der Waals surface area contributed by atoms with Gasteiger partial charge in [-0.1, -0.05) is 48.5 Å². The van der Waals surface area contributed by atoms with Gasteiger partial charge in [0, 0.05) is 32.7 Å².